The van der Waals surface area contributed by atoms with Crippen molar-refractivity contribution in [1.29, 1.82) is 0 Å². The molecule has 1 aromatic heterocycles. The summed E-state index contributed by atoms with van der Waals surface area (Å²) < 4.78 is 5.33. The van der Waals surface area contributed by atoms with Gasteiger partial charge in [-0.3, -0.25) is 0 Å². The highest BCUT2D eigenvalue weighted by molar-refractivity contribution is 5.88. The fourth-order valence-corrected chi connectivity index (χ4v) is 1.36. The van der Waals surface area contributed by atoms with Gasteiger partial charge in [0, 0.05) is 13.1 Å². The molecular formula is C11H18N2O3. The summed E-state index contributed by atoms with van der Waals surface area (Å²) in [5, 5.41) is 12.0. The van der Waals surface area contributed by atoms with Gasteiger partial charge >= 0.3 is 5.97 Å². The maximum Gasteiger partial charge on any atom is 0.339 e. The van der Waals surface area contributed by atoms with Gasteiger partial charge in [0.1, 0.15) is 17.1 Å². The van der Waals surface area contributed by atoms with Crippen molar-refractivity contribution < 1.29 is 14.3 Å². The average Bonchev–Trinajstić information content (AvgIpc) is 2.54. The van der Waals surface area contributed by atoms with E-state index in [1.54, 1.807) is 13.0 Å². The molecule has 0 atom stereocenters. The van der Waals surface area contributed by atoms with Crippen LogP contribution < -0.4 is 5.32 Å². The molecule has 16 heavy (non-hydrogen) atoms. The number of aryl methyl sites for hydroxylation is 1. The zero-order valence-electron chi connectivity index (χ0n) is 9.91. The minimum Gasteiger partial charge on any atom is -0.478 e. The number of hydrogen-bond donors (Lipinski definition) is 2. The molecule has 0 aliphatic rings. The van der Waals surface area contributed by atoms with Gasteiger partial charge in [-0.1, -0.05) is 0 Å². The van der Waals surface area contributed by atoms with Gasteiger partial charge in [-0.05, 0) is 27.1 Å². The third-order valence-electron chi connectivity index (χ3n) is 2.23. The number of likely N-dealkylation sites (N-methyl/N-ethyl adjacent to an activating group) is 1. The molecule has 1 rings (SSSR count). The Kier molecular flexibility index (Phi) is 4.52. The molecule has 0 amide bonds. The number of carboxylic acid groups (broad SMARTS) is 1. The lowest BCUT2D eigenvalue weighted by molar-refractivity contribution is 0.0695. The predicted octanol–water partition coefficient (Wildman–Crippen LogP) is 0.937. The van der Waals surface area contributed by atoms with Gasteiger partial charge in [-0.15, -0.1) is 0 Å². The number of nitrogens with one attached hydrogen (secondary N) is 1. The summed E-state index contributed by atoms with van der Waals surface area (Å²) in [6.45, 7) is 4.00. The molecular weight excluding hydrogens is 208 g/mol. The first-order chi connectivity index (χ1) is 7.50. The standard InChI is InChI=1S/C11H18N2O3/c1-8-10(11(14)15)6-9(16-8)7-12-4-5-13(2)3/h6,12H,4-5,7H2,1-3H3,(H,14,15). The van der Waals surface area contributed by atoms with Crippen molar-refractivity contribution in [3.05, 3.63) is 23.2 Å². The first kappa shape index (κ1) is 12.7. The smallest absolute Gasteiger partial charge is 0.339 e. The highest BCUT2D eigenvalue weighted by Gasteiger charge is 2.12. The molecule has 0 saturated carbocycles. The summed E-state index contributed by atoms with van der Waals surface area (Å²) in [6.07, 6.45) is 0. The summed E-state index contributed by atoms with van der Waals surface area (Å²) in [6, 6.07) is 1.57. The zero-order chi connectivity index (χ0) is 12.1. The number of rotatable bonds is 6. The quantitative estimate of drug-likeness (QED) is 0.707. The van der Waals surface area contributed by atoms with Gasteiger partial charge in [0.25, 0.3) is 0 Å². The van der Waals surface area contributed by atoms with Crippen molar-refractivity contribution in [2.24, 2.45) is 0 Å². The molecule has 0 fully saturated rings. The van der Waals surface area contributed by atoms with E-state index in [4.69, 9.17) is 9.52 Å². The fraction of sp³-hybridized carbons (Fsp3) is 0.545. The average molecular weight is 226 g/mol. The van der Waals surface area contributed by atoms with E-state index in [0.29, 0.717) is 18.1 Å². The van der Waals surface area contributed by atoms with Crippen LogP contribution in [-0.2, 0) is 6.54 Å². The Morgan fingerprint density at radius 3 is 2.75 bits per heavy atom. The summed E-state index contributed by atoms with van der Waals surface area (Å²) in [4.78, 5) is 12.8. The van der Waals surface area contributed by atoms with Gasteiger partial charge in [0.2, 0.25) is 0 Å². The van der Waals surface area contributed by atoms with Gasteiger partial charge in [0.15, 0.2) is 0 Å². The van der Waals surface area contributed by atoms with Crippen LogP contribution in [0, 0.1) is 6.92 Å². The highest BCUT2D eigenvalue weighted by Crippen LogP contribution is 2.14. The maximum atomic E-state index is 10.8. The Morgan fingerprint density at radius 2 is 2.25 bits per heavy atom. The molecule has 0 aliphatic carbocycles. The van der Waals surface area contributed by atoms with Crippen LogP contribution in [0.5, 0.6) is 0 Å². The molecule has 1 heterocycles. The Hall–Kier alpha value is -1.33. The third kappa shape index (κ3) is 3.67. The third-order valence-corrected chi connectivity index (χ3v) is 2.23. The van der Waals surface area contributed by atoms with E-state index < -0.39 is 5.97 Å². The summed E-state index contributed by atoms with van der Waals surface area (Å²) in [5.74, 6) is 0.173. The van der Waals surface area contributed by atoms with E-state index in [0.717, 1.165) is 13.1 Å². The van der Waals surface area contributed by atoms with Crippen molar-refractivity contribution >= 4 is 5.97 Å². The molecule has 0 spiro atoms. The molecule has 0 saturated heterocycles. The topological polar surface area (TPSA) is 65.7 Å². The van der Waals surface area contributed by atoms with Crippen molar-refractivity contribution in [2.75, 3.05) is 27.2 Å². The van der Waals surface area contributed by atoms with E-state index in [1.165, 1.54) is 0 Å². The molecule has 5 heteroatoms. The first-order valence-corrected chi connectivity index (χ1v) is 5.18. The minimum atomic E-state index is -0.944. The zero-order valence-corrected chi connectivity index (χ0v) is 9.91. The van der Waals surface area contributed by atoms with Crippen LogP contribution in [0.4, 0.5) is 0 Å². The van der Waals surface area contributed by atoms with Crippen LogP contribution >= 0.6 is 0 Å². The van der Waals surface area contributed by atoms with E-state index >= 15 is 0 Å². The van der Waals surface area contributed by atoms with E-state index in [1.807, 2.05) is 14.1 Å². The summed E-state index contributed by atoms with van der Waals surface area (Å²) >= 11 is 0. The highest BCUT2D eigenvalue weighted by atomic mass is 16.4. The van der Waals surface area contributed by atoms with E-state index in [9.17, 15) is 4.79 Å². The van der Waals surface area contributed by atoms with Crippen molar-refractivity contribution in [3.8, 4) is 0 Å². The van der Waals surface area contributed by atoms with E-state index in [2.05, 4.69) is 10.2 Å². The Balaban J connectivity index is 2.43. The van der Waals surface area contributed by atoms with Crippen molar-refractivity contribution in [1.82, 2.24) is 10.2 Å². The van der Waals surface area contributed by atoms with Crippen LogP contribution in [0.3, 0.4) is 0 Å². The molecule has 0 aliphatic heterocycles. The Labute approximate surface area is 95.0 Å². The van der Waals surface area contributed by atoms with Crippen LogP contribution in [0.1, 0.15) is 21.9 Å². The van der Waals surface area contributed by atoms with E-state index in [-0.39, 0.29) is 5.56 Å². The molecule has 2 N–H and O–H groups in total. The van der Waals surface area contributed by atoms with Crippen LogP contribution in [0.25, 0.3) is 0 Å². The summed E-state index contributed by atoms with van der Waals surface area (Å²) in [5.41, 5.74) is 0.240. The number of furan rings is 1. The lowest BCUT2D eigenvalue weighted by Crippen LogP contribution is -2.26. The number of carbonyl (C=O) groups is 1. The first-order valence-electron chi connectivity index (χ1n) is 5.18. The van der Waals surface area contributed by atoms with Gasteiger partial charge in [0.05, 0.1) is 6.54 Å². The number of hydrogen-bond acceptors (Lipinski definition) is 4. The summed E-state index contributed by atoms with van der Waals surface area (Å²) in [7, 11) is 4.00. The SMILES string of the molecule is Cc1oc(CNCCN(C)C)cc1C(=O)O. The molecule has 90 valence electrons. The molecule has 0 radical (unpaired) electrons. The van der Waals surface area contributed by atoms with Crippen LogP contribution in [0.15, 0.2) is 10.5 Å². The van der Waals surface area contributed by atoms with Crippen LogP contribution in [-0.4, -0.2) is 43.2 Å². The Bertz CT molecular complexity index is 358. The van der Waals surface area contributed by atoms with Crippen molar-refractivity contribution in [2.45, 2.75) is 13.5 Å². The monoisotopic (exact) mass is 226 g/mol. The number of aromatic carboxylic acids is 1. The largest absolute Gasteiger partial charge is 0.478 e. The number of carboxylic acids is 1. The molecule has 0 aromatic carbocycles. The van der Waals surface area contributed by atoms with Crippen molar-refractivity contribution in [3.63, 3.8) is 0 Å². The van der Waals surface area contributed by atoms with Gasteiger partial charge < -0.3 is 19.7 Å². The maximum absolute atomic E-state index is 10.8. The lowest BCUT2D eigenvalue weighted by atomic mass is 10.2. The normalized spacial score (nSPS) is 11.0. The number of nitrogens with zero attached hydrogens (tertiary/aromatic N) is 1. The Morgan fingerprint density at radius 1 is 1.56 bits per heavy atom. The second-order valence-electron chi connectivity index (χ2n) is 3.97. The predicted molar refractivity (Wildman–Crippen MR) is 60.7 cm³/mol. The molecule has 0 bridgehead atoms. The lowest BCUT2D eigenvalue weighted by Gasteiger charge is -2.09. The van der Waals surface area contributed by atoms with Gasteiger partial charge in [-0.25, -0.2) is 4.79 Å². The minimum absolute atomic E-state index is 0.240. The van der Waals surface area contributed by atoms with Crippen LogP contribution in [0.2, 0.25) is 0 Å². The second-order valence-corrected chi connectivity index (χ2v) is 3.97. The fourth-order valence-electron chi connectivity index (χ4n) is 1.36. The molecule has 0 unspecified atom stereocenters. The second kappa shape index (κ2) is 5.67. The van der Waals surface area contributed by atoms with Gasteiger partial charge in [-0.2, -0.15) is 0 Å². The molecule has 1 aromatic rings. The molecule has 5 nitrogen and oxygen atoms in total.